The molecule has 7 heteroatoms. The quantitative estimate of drug-likeness (QED) is 0.489. The number of nitrogens with zero attached hydrogens (tertiary/aromatic N) is 1. The van der Waals surface area contributed by atoms with Crippen molar-refractivity contribution in [2.24, 2.45) is 0 Å². The largest absolute Gasteiger partial charge is 0.270 e. The van der Waals surface area contributed by atoms with Crippen molar-refractivity contribution in [1.29, 1.82) is 0 Å². The highest BCUT2D eigenvalue weighted by Crippen LogP contribution is 2.21. The molecule has 0 bridgehead atoms. The second-order valence-corrected chi connectivity index (χ2v) is 5.08. The third-order valence-corrected chi connectivity index (χ3v) is 3.66. The van der Waals surface area contributed by atoms with Gasteiger partial charge in [-0.05, 0) is 12.5 Å². The Labute approximate surface area is 99.2 Å². The summed E-state index contributed by atoms with van der Waals surface area (Å²) in [5.74, 6) is 0. The summed E-state index contributed by atoms with van der Waals surface area (Å²) in [6, 6.07) is 3.71. The molecule has 1 N–H and O–H groups in total. The molecule has 1 aromatic carbocycles. The number of hydrogen-bond donors (Lipinski definition) is 1. The molecule has 0 aliphatic heterocycles. The summed E-state index contributed by atoms with van der Waals surface area (Å²) in [4.78, 5) is 9.86. The van der Waals surface area contributed by atoms with E-state index >= 15 is 0 Å². The minimum absolute atomic E-state index is 0.0739. The summed E-state index contributed by atoms with van der Waals surface area (Å²) < 4.78 is 25.9. The Balaban J connectivity index is 3.25. The minimum atomic E-state index is -3.73. The van der Waals surface area contributed by atoms with Gasteiger partial charge in [0.1, 0.15) is 0 Å². The van der Waals surface area contributed by atoms with Gasteiger partial charge >= 0.3 is 0 Å². The van der Waals surface area contributed by atoms with Crippen LogP contribution >= 0.6 is 0 Å². The highest BCUT2D eigenvalue weighted by molar-refractivity contribution is 7.89. The van der Waals surface area contributed by atoms with Gasteiger partial charge in [0.15, 0.2) is 0 Å². The van der Waals surface area contributed by atoms with E-state index < -0.39 is 14.9 Å². The number of aryl methyl sites for hydroxylation is 1. The first-order valence-electron chi connectivity index (χ1n) is 4.74. The van der Waals surface area contributed by atoms with Crippen LogP contribution in [0.3, 0.4) is 0 Å². The number of nitro benzene ring substituents is 1. The van der Waals surface area contributed by atoms with Crippen molar-refractivity contribution in [3.63, 3.8) is 0 Å². The van der Waals surface area contributed by atoms with Gasteiger partial charge in [-0.2, -0.15) is 0 Å². The Hall–Kier alpha value is -1.73. The van der Waals surface area contributed by atoms with Crippen LogP contribution in [-0.4, -0.2) is 19.9 Å². The first-order valence-corrected chi connectivity index (χ1v) is 6.22. The van der Waals surface area contributed by atoms with Gasteiger partial charge in [0.2, 0.25) is 10.0 Å². The third kappa shape index (κ3) is 3.11. The van der Waals surface area contributed by atoms with Crippen LogP contribution in [0.4, 0.5) is 5.69 Å². The number of sulfonamides is 1. The molecule has 1 aromatic rings. The molecule has 0 saturated carbocycles. The maximum absolute atomic E-state index is 11.8. The van der Waals surface area contributed by atoms with E-state index in [4.69, 9.17) is 0 Å². The number of nitro groups is 1. The first kappa shape index (κ1) is 13.3. The van der Waals surface area contributed by atoms with Crippen LogP contribution in [0.1, 0.15) is 5.56 Å². The van der Waals surface area contributed by atoms with Crippen LogP contribution in [0.2, 0.25) is 0 Å². The molecule has 0 saturated heterocycles. The van der Waals surface area contributed by atoms with Gasteiger partial charge < -0.3 is 0 Å². The molecule has 0 aliphatic carbocycles. The summed E-state index contributed by atoms with van der Waals surface area (Å²) in [6.45, 7) is 5.04. The lowest BCUT2D eigenvalue weighted by Gasteiger charge is -2.07. The standard InChI is InChI=1S/C10H12N2O4S/c1-3-6-11-17(15,16)10-7-9(12(13)14)5-4-8(10)2/h3-5,7,11H,1,6H2,2H3. The SMILES string of the molecule is C=CCNS(=O)(=O)c1cc([N+](=O)[O-])ccc1C. The number of non-ortho nitro benzene ring substituents is 1. The second-order valence-electron chi connectivity index (χ2n) is 3.35. The summed E-state index contributed by atoms with van der Waals surface area (Å²) >= 11 is 0. The van der Waals surface area contributed by atoms with Crippen molar-refractivity contribution in [2.75, 3.05) is 6.54 Å². The lowest BCUT2D eigenvalue weighted by molar-refractivity contribution is -0.385. The second kappa shape index (κ2) is 5.07. The monoisotopic (exact) mass is 256 g/mol. The molecule has 92 valence electrons. The van der Waals surface area contributed by atoms with Crippen molar-refractivity contribution in [3.8, 4) is 0 Å². The van der Waals surface area contributed by atoms with Crippen LogP contribution < -0.4 is 4.72 Å². The Morgan fingerprint density at radius 2 is 2.18 bits per heavy atom. The van der Waals surface area contributed by atoms with E-state index in [1.165, 1.54) is 18.2 Å². The van der Waals surface area contributed by atoms with Gasteiger partial charge in [0, 0.05) is 18.7 Å². The van der Waals surface area contributed by atoms with Gasteiger partial charge in [-0.3, -0.25) is 10.1 Å². The molecule has 17 heavy (non-hydrogen) atoms. The lowest BCUT2D eigenvalue weighted by Crippen LogP contribution is -2.24. The maximum atomic E-state index is 11.8. The van der Waals surface area contributed by atoms with E-state index in [0.29, 0.717) is 5.56 Å². The Bertz CT molecular complexity index is 551. The molecule has 1 rings (SSSR count). The molecule has 0 atom stereocenters. The zero-order chi connectivity index (χ0) is 13.1. The number of nitrogens with one attached hydrogen (secondary N) is 1. The predicted molar refractivity (Wildman–Crippen MR) is 63.2 cm³/mol. The highest BCUT2D eigenvalue weighted by atomic mass is 32.2. The molecule has 0 heterocycles. The van der Waals surface area contributed by atoms with Crippen molar-refractivity contribution < 1.29 is 13.3 Å². The van der Waals surface area contributed by atoms with Gasteiger partial charge in [-0.15, -0.1) is 6.58 Å². The van der Waals surface area contributed by atoms with Crippen LogP contribution in [0.25, 0.3) is 0 Å². The molecule has 6 nitrogen and oxygen atoms in total. The van der Waals surface area contributed by atoms with E-state index in [9.17, 15) is 18.5 Å². The van der Waals surface area contributed by atoms with Gasteiger partial charge in [0.25, 0.3) is 5.69 Å². The average molecular weight is 256 g/mol. The van der Waals surface area contributed by atoms with Crippen molar-refractivity contribution in [1.82, 2.24) is 4.72 Å². The Morgan fingerprint density at radius 3 is 2.71 bits per heavy atom. The zero-order valence-electron chi connectivity index (χ0n) is 9.21. The molecular weight excluding hydrogens is 244 g/mol. The topological polar surface area (TPSA) is 89.3 Å². The van der Waals surface area contributed by atoms with E-state index in [-0.39, 0.29) is 17.1 Å². The van der Waals surface area contributed by atoms with Crippen LogP contribution in [0.5, 0.6) is 0 Å². The predicted octanol–water partition coefficient (Wildman–Crippen LogP) is 1.37. The fraction of sp³-hybridized carbons (Fsp3) is 0.200. The van der Waals surface area contributed by atoms with Crippen molar-refractivity contribution in [2.45, 2.75) is 11.8 Å². The van der Waals surface area contributed by atoms with Crippen molar-refractivity contribution >= 4 is 15.7 Å². The molecule has 0 unspecified atom stereocenters. The van der Waals surface area contributed by atoms with E-state index in [1.807, 2.05) is 0 Å². The zero-order valence-corrected chi connectivity index (χ0v) is 10.0. The smallest absolute Gasteiger partial charge is 0.258 e. The van der Waals surface area contributed by atoms with E-state index in [1.54, 1.807) is 6.92 Å². The molecule has 0 aromatic heterocycles. The third-order valence-electron chi connectivity index (χ3n) is 2.09. The summed E-state index contributed by atoms with van der Waals surface area (Å²) in [5.41, 5.74) is 0.196. The fourth-order valence-electron chi connectivity index (χ4n) is 1.24. The minimum Gasteiger partial charge on any atom is -0.258 e. The molecule has 0 fully saturated rings. The molecular formula is C10H12N2O4S. The normalized spacial score (nSPS) is 11.1. The number of hydrogen-bond acceptors (Lipinski definition) is 4. The molecule has 0 amide bonds. The Kier molecular flexibility index (Phi) is 3.97. The van der Waals surface area contributed by atoms with Gasteiger partial charge in [-0.1, -0.05) is 12.1 Å². The van der Waals surface area contributed by atoms with Crippen LogP contribution in [0, 0.1) is 17.0 Å². The fourth-order valence-corrected chi connectivity index (χ4v) is 2.50. The highest BCUT2D eigenvalue weighted by Gasteiger charge is 2.19. The first-order chi connectivity index (χ1) is 7.88. The molecule has 0 aliphatic rings. The summed E-state index contributed by atoms with van der Waals surface area (Å²) in [6.07, 6.45) is 1.39. The van der Waals surface area contributed by atoms with Crippen molar-refractivity contribution in [3.05, 3.63) is 46.5 Å². The number of rotatable bonds is 5. The average Bonchev–Trinajstić information content (AvgIpc) is 2.26. The molecule has 0 spiro atoms. The Morgan fingerprint density at radius 1 is 1.53 bits per heavy atom. The van der Waals surface area contributed by atoms with Crippen LogP contribution in [-0.2, 0) is 10.0 Å². The van der Waals surface area contributed by atoms with E-state index in [0.717, 1.165) is 6.07 Å². The van der Waals surface area contributed by atoms with Crippen LogP contribution in [0.15, 0.2) is 35.7 Å². The summed E-state index contributed by atoms with van der Waals surface area (Å²) in [7, 11) is -3.73. The summed E-state index contributed by atoms with van der Waals surface area (Å²) in [5, 5.41) is 10.6. The van der Waals surface area contributed by atoms with Gasteiger partial charge in [0.05, 0.1) is 9.82 Å². The lowest BCUT2D eigenvalue weighted by atomic mass is 10.2. The maximum Gasteiger partial charge on any atom is 0.270 e. The number of benzene rings is 1. The van der Waals surface area contributed by atoms with Gasteiger partial charge in [-0.25, -0.2) is 13.1 Å². The van der Waals surface area contributed by atoms with E-state index in [2.05, 4.69) is 11.3 Å². The molecule has 0 radical (unpaired) electrons.